The maximum Gasteiger partial charge on any atom is 0.260 e. The molecule has 9 heteroatoms. The third-order valence-electron chi connectivity index (χ3n) is 3.06. The predicted octanol–water partition coefficient (Wildman–Crippen LogP) is 4.36. The number of anilines is 1. The lowest BCUT2D eigenvalue weighted by Crippen LogP contribution is -2.18. The first-order chi connectivity index (χ1) is 11.3. The highest BCUT2D eigenvalue weighted by Gasteiger charge is 2.29. The SMILES string of the molecule is COc1ccc(NC(=O)c2c(F)c(F)c(F)c(F)c2SC)cc1F. The Hall–Kier alpha value is -2.29. The second-order valence-corrected chi connectivity index (χ2v) is 5.28. The molecule has 2 rings (SSSR count). The van der Waals surface area contributed by atoms with Crippen LogP contribution in [0.4, 0.5) is 27.6 Å². The number of amides is 1. The van der Waals surface area contributed by atoms with Crippen LogP contribution >= 0.6 is 11.8 Å². The maximum absolute atomic E-state index is 13.9. The molecule has 0 saturated carbocycles. The van der Waals surface area contributed by atoms with Gasteiger partial charge in [0.2, 0.25) is 0 Å². The van der Waals surface area contributed by atoms with Gasteiger partial charge in [0.25, 0.3) is 5.91 Å². The Labute approximate surface area is 137 Å². The van der Waals surface area contributed by atoms with E-state index in [1.807, 2.05) is 0 Å². The van der Waals surface area contributed by atoms with Crippen LogP contribution in [-0.4, -0.2) is 19.3 Å². The molecule has 0 spiro atoms. The number of ether oxygens (including phenoxy) is 1. The summed E-state index contributed by atoms with van der Waals surface area (Å²) in [6, 6.07) is 3.32. The summed E-state index contributed by atoms with van der Waals surface area (Å²) in [6.45, 7) is 0. The van der Waals surface area contributed by atoms with Crippen LogP contribution in [0.2, 0.25) is 0 Å². The smallest absolute Gasteiger partial charge is 0.260 e. The molecule has 1 amide bonds. The van der Waals surface area contributed by atoms with E-state index in [1.54, 1.807) is 0 Å². The molecule has 24 heavy (non-hydrogen) atoms. The van der Waals surface area contributed by atoms with E-state index in [2.05, 4.69) is 5.32 Å². The minimum absolute atomic E-state index is 0.0946. The fourth-order valence-electron chi connectivity index (χ4n) is 1.94. The largest absolute Gasteiger partial charge is 0.494 e. The molecule has 0 heterocycles. The monoisotopic (exact) mass is 363 g/mol. The molecule has 0 bridgehead atoms. The molecular formula is C15H10F5NO2S. The van der Waals surface area contributed by atoms with E-state index in [4.69, 9.17) is 4.74 Å². The Morgan fingerprint density at radius 1 is 1.04 bits per heavy atom. The number of carbonyl (C=O) groups is 1. The van der Waals surface area contributed by atoms with Crippen LogP contribution in [0.1, 0.15) is 10.4 Å². The zero-order valence-corrected chi connectivity index (χ0v) is 13.2. The van der Waals surface area contributed by atoms with E-state index < -0.39 is 45.5 Å². The second-order valence-electron chi connectivity index (χ2n) is 4.47. The third-order valence-corrected chi connectivity index (χ3v) is 3.86. The van der Waals surface area contributed by atoms with Gasteiger partial charge in [-0.2, -0.15) is 0 Å². The van der Waals surface area contributed by atoms with Gasteiger partial charge in [-0.05, 0) is 18.4 Å². The fraction of sp³-hybridized carbons (Fsp3) is 0.133. The Morgan fingerprint density at radius 3 is 2.21 bits per heavy atom. The molecule has 0 atom stereocenters. The van der Waals surface area contributed by atoms with Crippen molar-refractivity contribution in [2.24, 2.45) is 0 Å². The molecule has 0 aliphatic carbocycles. The van der Waals surface area contributed by atoms with Crippen molar-refractivity contribution in [1.29, 1.82) is 0 Å². The predicted molar refractivity (Wildman–Crippen MR) is 79.0 cm³/mol. The van der Waals surface area contributed by atoms with Gasteiger partial charge in [-0.3, -0.25) is 4.79 Å². The van der Waals surface area contributed by atoms with Gasteiger partial charge in [-0.1, -0.05) is 0 Å². The number of hydrogen-bond acceptors (Lipinski definition) is 3. The van der Waals surface area contributed by atoms with Crippen LogP contribution in [0.5, 0.6) is 5.75 Å². The normalized spacial score (nSPS) is 10.6. The van der Waals surface area contributed by atoms with Gasteiger partial charge in [0.05, 0.1) is 17.6 Å². The summed E-state index contributed by atoms with van der Waals surface area (Å²) in [5.74, 6) is -9.77. The Bertz CT molecular complexity index is 813. The average molecular weight is 363 g/mol. The van der Waals surface area contributed by atoms with Crippen molar-refractivity contribution in [3.63, 3.8) is 0 Å². The molecule has 0 aromatic heterocycles. The molecule has 128 valence electrons. The topological polar surface area (TPSA) is 38.3 Å². The summed E-state index contributed by atoms with van der Waals surface area (Å²) in [5.41, 5.74) is -1.11. The summed E-state index contributed by atoms with van der Waals surface area (Å²) in [6.07, 6.45) is 1.26. The van der Waals surface area contributed by atoms with E-state index in [-0.39, 0.29) is 11.4 Å². The van der Waals surface area contributed by atoms with E-state index in [9.17, 15) is 26.7 Å². The lowest BCUT2D eigenvalue weighted by Gasteiger charge is -2.12. The van der Waals surface area contributed by atoms with Gasteiger partial charge in [-0.25, -0.2) is 22.0 Å². The summed E-state index contributed by atoms with van der Waals surface area (Å²) in [7, 11) is 1.24. The Kier molecular flexibility index (Phi) is 5.33. The molecule has 3 nitrogen and oxygen atoms in total. The average Bonchev–Trinajstić information content (AvgIpc) is 2.56. The molecular weight excluding hydrogens is 353 g/mol. The van der Waals surface area contributed by atoms with Gasteiger partial charge < -0.3 is 10.1 Å². The van der Waals surface area contributed by atoms with Crippen LogP contribution in [0.15, 0.2) is 23.1 Å². The molecule has 2 aromatic rings. The van der Waals surface area contributed by atoms with Crippen LogP contribution in [0.25, 0.3) is 0 Å². The summed E-state index contributed by atoms with van der Waals surface area (Å²) < 4.78 is 72.5. The first kappa shape index (κ1) is 18.1. The third kappa shape index (κ3) is 3.16. The van der Waals surface area contributed by atoms with E-state index in [0.717, 1.165) is 6.07 Å². The highest BCUT2D eigenvalue weighted by Crippen LogP contribution is 2.31. The highest BCUT2D eigenvalue weighted by molar-refractivity contribution is 7.98. The standard InChI is InChI=1S/C15H10F5NO2S/c1-23-8-4-3-6(5-7(8)16)21-15(22)9-10(17)11(18)12(19)13(20)14(9)24-2/h3-5H,1-2H3,(H,21,22). The molecule has 0 saturated heterocycles. The van der Waals surface area contributed by atoms with Crippen molar-refractivity contribution < 1.29 is 31.5 Å². The molecule has 1 N–H and O–H groups in total. The molecule has 0 aliphatic heterocycles. The molecule has 0 fully saturated rings. The van der Waals surface area contributed by atoms with Crippen molar-refractivity contribution in [3.8, 4) is 5.75 Å². The Morgan fingerprint density at radius 2 is 1.67 bits per heavy atom. The number of nitrogens with one attached hydrogen (secondary N) is 1. The number of rotatable bonds is 4. The minimum atomic E-state index is -2.10. The van der Waals surface area contributed by atoms with Gasteiger partial charge in [0, 0.05) is 11.8 Å². The number of carbonyl (C=O) groups excluding carboxylic acids is 1. The van der Waals surface area contributed by atoms with Crippen LogP contribution in [-0.2, 0) is 0 Å². The quantitative estimate of drug-likeness (QED) is 0.380. The van der Waals surface area contributed by atoms with Crippen LogP contribution in [0, 0.1) is 29.1 Å². The number of hydrogen-bond donors (Lipinski definition) is 1. The van der Waals surface area contributed by atoms with E-state index >= 15 is 0 Å². The maximum atomic E-state index is 13.9. The van der Waals surface area contributed by atoms with Crippen molar-refractivity contribution >= 4 is 23.4 Å². The fourth-order valence-corrected chi connectivity index (χ4v) is 2.60. The van der Waals surface area contributed by atoms with Gasteiger partial charge in [0.1, 0.15) is 0 Å². The summed E-state index contributed by atoms with van der Waals surface area (Å²) in [4.78, 5) is 11.4. The van der Waals surface area contributed by atoms with E-state index in [1.165, 1.54) is 25.5 Å². The van der Waals surface area contributed by atoms with E-state index in [0.29, 0.717) is 11.8 Å². The van der Waals surface area contributed by atoms with Crippen LogP contribution in [0.3, 0.4) is 0 Å². The second kappa shape index (κ2) is 7.08. The lowest BCUT2D eigenvalue weighted by atomic mass is 10.1. The number of methoxy groups -OCH3 is 1. The van der Waals surface area contributed by atoms with Gasteiger partial charge in [0.15, 0.2) is 34.8 Å². The van der Waals surface area contributed by atoms with Crippen molar-refractivity contribution in [3.05, 3.63) is 52.8 Å². The van der Waals surface area contributed by atoms with Crippen molar-refractivity contribution in [2.45, 2.75) is 4.90 Å². The number of benzene rings is 2. The first-order valence-electron chi connectivity index (χ1n) is 6.36. The zero-order valence-electron chi connectivity index (χ0n) is 12.3. The summed E-state index contributed by atoms with van der Waals surface area (Å²) in [5, 5.41) is 2.10. The van der Waals surface area contributed by atoms with Crippen molar-refractivity contribution in [2.75, 3.05) is 18.7 Å². The molecule has 0 aliphatic rings. The highest BCUT2D eigenvalue weighted by atomic mass is 32.2. The number of thioether (sulfide) groups is 1. The number of halogens is 5. The summed E-state index contributed by atoms with van der Waals surface area (Å²) >= 11 is 0.531. The Balaban J connectivity index is 2.45. The minimum Gasteiger partial charge on any atom is -0.494 e. The van der Waals surface area contributed by atoms with Crippen molar-refractivity contribution in [1.82, 2.24) is 0 Å². The molecule has 0 radical (unpaired) electrons. The molecule has 0 unspecified atom stereocenters. The first-order valence-corrected chi connectivity index (χ1v) is 7.59. The zero-order chi connectivity index (χ0) is 18.0. The molecule has 2 aromatic carbocycles. The van der Waals surface area contributed by atoms with Crippen LogP contribution < -0.4 is 10.1 Å². The lowest BCUT2D eigenvalue weighted by molar-refractivity contribution is 0.101. The van der Waals surface area contributed by atoms with Gasteiger partial charge >= 0.3 is 0 Å². The van der Waals surface area contributed by atoms with Gasteiger partial charge in [-0.15, -0.1) is 11.8 Å².